The van der Waals surface area contributed by atoms with E-state index in [0.717, 1.165) is 26.2 Å². The zero-order valence-electron chi connectivity index (χ0n) is 11.2. The van der Waals surface area contributed by atoms with Crippen LogP contribution in [-0.2, 0) is 11.3 Å². The van der Waals surface area contributed by atoms with Crippen LogP contribution in [0.3, 0.4) is 0 Å². The number of hydrogen-bond donors (Lipinski definition) is 2. The molecule has 0 radical (unpaired) electrons. The quantitative estimate of drug-likeness (QED) is 0.828. The van der Waals surface area contributed by atoms with Gasteiger partial charge in [-0.2, -0.15) is 0 Å². The van der Waals surface area contributed by atoms with Crippen molar-refractivity contribution in [3.63, 3.8) is 0 Å². The number of carbonyl (C=O) groups is 1. The molecule has 1 aliphatic heterocycles. The number of rotatable bonds is 4. The molecule has 1 unspecified atom stereocenters. The molecule has 0 aliphatic carbocycles. The second-order valence-electron chi connectivity index (χ2n) is 4.47. The van der Waals surface area contributed by atoms with Gasteiger partial charge in [0, 0.05) is 38.6 Å². The van der Waals surface area contributed by atoms with E-state index in [-0.39, 0.29) is 12.5 Å². The summed E-state index contributed by atoms with van der Waals surface area (Å²) >= 11 is 4.64. The number of piperazine rings is 1. The van der Waals surface area contributed by atoms with Gasteiger partial charge < -0.3 is 10.4 Å². The van der Waals surface area contributed by atoms with Crippen molar-refractivity contribution in [3.8, 4) is 0 Å². The highest BCUT2D eigenvalue weighted by molar-refractivity contribution is 6.15. The summed E-state index contributed by atoms with van der Waals surface area (Å²) in [5.74, 6) is -0.732. The van der Waals surface area contributed by atoms with Gasteiger partial charge >= 0.3 is 5.97 Å². The average Bonchev–Trinajstić information content (AvgIpc) is 2.42. The lowest BCUT2D eigenvalue weighted by atomic mass is 10.1. The summed E-state index contributed by atoms with van der Waals surface area (Å²) in [5, 5.41) is 12.0. The monoisotopic (exact) mass is 284 g/mol. The second kappa shape index (κ2) is 8.91. The van der Waals surface area contributed by atoms with E-state index in [0.29, 0.717) is 0 Å². The normalized spacial score (nSPS) is 19.4. The number of nitrogens with zero attached hydrogens (tertiary/aromatic N) is 1. The topological polar surface area (TPSA) is 52.6 Å². The van der Waals surface area contributed by atoms with E-state index in [1.807, 2.05) is 18.2 Å². The molecular weight excluding hydrogens is 264 g/mol. The van der Waals surface area contributed by atoms with Crippen molar-refractivity contribution < 1.29 is 9.90 Å². The number of aliphatic carboxylic acids is 1. The third-order valence-corrected chi connectivity index (χ3v) is 3.01. The van der Waals surface area contributed by atoms with Crippen LogP contribution in [-0.4, -0.2) is 48.0 Å². The highest BCUT2D eigenvalue weighted by Gasteiger charge is 2.21. The van der Waals surface area contributed by atoms with E-state index in [2.05, 4.69) is 34.0 Å². The Labute approximate surface area is 119 Å². The van der Waals surface area contributed by atoms with Crippen LogP contribution in [0.15, 0.2) is 30.3 Å². The molecule has 1 saturated heterocycles. The van der Waals surface area contributed by atoms with Gasteiger partial charge in [-0.05, 0) is 5.56 Å². The molecule has 0 aromatic heterocycles. The first-order valence-electron chi connectivity index (χ1n) is 6.33. The number of carboxylic acids is 1. The summed E-state index contributed by atoms with van der Waals surface area (Å²) in [7, 11) is 0. The standard InChI is InChI=1S/C13H18N2O2.CH3Cl/c16-13(17)8-12-10-15(7-6-14-12)9-11-4-2-1-3-5-11;1-2/h1-5,12,14H,6-10H2,(H,16,17);1H3. The lowest BCUT2D eigenvalue weighted by molar-refractivity contribution is -0.137. The summed E-state index contributed by atoms with van der Waals surface area (Å²) < 4.78 is 0. The third-order valence-electron chi connectivity index (χ3n) is 3.01. The summed E-state index contributed by atoms with van der Waals surface area (Å²) in [6.07, 6.45) is 1.67. The van der Waals surface area contributed by atoms with Crippen molar-refractivity contribution in [3.05, 3.63) is 35.9 Å². The van der Waals surface area contributed by atoms with Crippen molar-refractivity contribution in [2.75, 3.05) is 26.0 Å². The molecule has 19 heavy (non-hydrogen) atoms. The first-order valence-corrected chi connectivity index (χ1v) is 7.09. The number of hydrogen-bond acceptors (Lipinski definition) is 3. The molecule has 0 amide bonds. The fraction of sp³-hybridized carbons (Fsp3) is 0.500. The van der Waals surface area contributed by atoms with Crippen LogP contribution < -0.4 is 5.32 Å². The molecule has 1 fully saturated rings. The molecule has 1 aromatic carbocycles. The van der Waals surface area contributed by atoms with Crippen molar-refractivity contribution in [1.29, 1.82) is 0 Å². The average molecular weight is 285 g/mol. The van der Waals surface area contributed by atoms with Crippen molar-refractivity contribution >= 4 is 17.6 Å². The van der Waals surface area contributed by atoms with Crippen molar-refractivity contribution in [2.45, 2.75) is 19.0 Å². The summed E-state index contributed by atoms with van der Waals surface area (Å²) in [5.41, 5.74) is 1.28. The lowest BCUT2D eigenvalue weighted by Crippen LogP contribution is -2.50. The van der Waals surface area contributed by atoms with Gasteiger partial charge in [-0.15, -0.1) is 11.6 Å². The van der Waals surface area contributed by atoms with Gasteiger partial charge in [0.05, 0.1) is 6.42 Å². The molecule has 106 valence electrons. The van der Waals surface area contributed by atoms with Crippen molar-refractivity contribution in [1.82, 2.24) is 10.2 Å². The van der Waals surface area contributed by atoms with E-state index in [1.165, 1.54) is 11.9 Å². The lowest BCUT2D eigenvalue weighted by Gasteiger charge is -2.33. The Kier molecular flexibility index (Phi) is 7.48. The smallest absolute Gasteiger partial charge is 0.304 e. The Bertz CT molecular complexity index is 373. The SMILES string of the molecule is CCl.O=C(O)CC1CN(Cc2ccccc2)CCN1. The minimum Gasteiger partial charge on any atom is -0.481 e. The minimum atomic E-state index is -0.732. The minimum absolute atomic E-state index is 0.0740. The van der Waals surface area contributed by atoms with Crippen LogP contribution >= 0.6 is 11.6 Å². The van der Waals surface area contributed by atoms with Crippen LogP contribution in [0.25, 0.3) is 0 Å². The molecule has 1 heterocycles. The Balaban J connectivity index is 0.000000861. The van der Waals surface area contributed by atoms with Crippen LogP contribution in [0.1, 0.15) is 12.0 Å². The van der Waals surface area contributed by atoms with Gasteiger partial charge in [0.2, 0.25) is 0 Å². The first-order chi connectivity index (χ1) is 9.24. The summed E-state index contributed by atoms with van der Waals surface area (Å²) in [6.45, 7) is 3.55. The fourth-order valence-corrected chi connectivity index (χ4v) is 2.23. The molecule has 4 nitrogen and oxygen atoms in total. The van der Waals surface area contributed by atoms with Crippen LogP contribution in [0.5, 0.6) is 0 Å². The molecule has 2 N–H and O–H groups in total. The maximum Gasteiger partial charge on any atom is 0.304 e. The van der Waals surface area contributed by atoms with Gasteiger partial charge in [0.15, 0.2) is 0 Å². The molecule has 2 rings (SSSR count). The van der Waals surface area contributed by atoms with E-state index in [4.69, 9.17) is 5.11 Å². The van der Waals surface area contributed by atoms with Gasteiger partial charge in [-0.3, -0.25) is 9.69 Å². The van der Waals surface area contributed by atoms with Crippen LogP contribution in [0.4, 0.5) is 0 Å². The molecule has 0 saturated carbocycles. The number of halogens is 1. The molecule has 0 spiro atoms. The molecule has 5 heteroatoms. The zero-order chi connectivity index (χ0) is 14.1. The Morgan fingerprint density at radius 1 is 1.42 bits per heavy atom. The van der Waals surface area contributed by atoms with Crippen molar-refractivity contribution in [2.24, 2.45) is 0 Å². The van der Waals surface area contributed by atoms with Crippen LogP contribution in [0, 0.1) is 0 Å². The Hall–Kier alpha value is -1.10. The number of carboxylic acid groups (broad SMARTS) is 1. The molecule has 1 aliphatic rings. The third kappa shape index (κ3) is 6.05. The molecule has 1 aromatic rings. The molecule has 1 atom stereocenters. The van der Waals surface area contributed by atoms with E-state index >= 15 is 0 Å². The van der Waals surface area contributed by atoms with E-state index < -0.39 is 5.97 Å². The first kappa shape index (κ1) is 16.0. The van der Waals surface area contributed by atoms with E-state index in [1.54, 1.807) is 0 Å². The number of nitrogens with one attached hydrogen (secondary N) is 1. The molecular formula is C14H21ClN2O2. The number of alkyl halides is 1. The fourth-order valence-electron chi connectivity index (χ4n) is 2.23. The Morgan fingerprint density at radius 2 is 2.11 bits per heavy atom. The zero-order valence-corrected chi connectivity index (χ0v) is 11.9. The van der Waals surface area contributed by atoms with Crippen LogP contribution in [0.2, 0.25) is 0 Å². The van der Waals surface area contributed by atoms with Gasteiger partial charge in [-0.1, -0.05) is 30.3 Å². The maximum absolute atomic E-state index is 10.7. The maximum atomic E-state index is 10.7. The van der Waals surface area contributed by atoms with Gasteiger partial charge in [0.25, 0.3) is 0 Å². The molecule has 0 bridgehead atoms. The summed E-state index contributed by atoms with van der Waals surface area (Å²) in [4.78, 5) is 13.0. The predicted octanol–water partition coefficient (Wildman–Crippen LogP) is 1.79. The van der Waals surface area contributed by atoms with E-state index in [9.17, 15) is 4.79 Å². The van der Waals surface area contributed by atoms with Gasteiger partial charge in [-0.25, -0.2) is 0 Å². The highest BCUT2D eigenvalue weighted by Crippen LogP contribution is 2.08. The Morgan fingerprint density at radius 3 is 2.74 bits per heavy atom. The summed E-state index contributed by atoms with van der Waals surface area (Å²) in [6, 6.07) is 10.4. The second-order valence-corrected chi connectivity index (χ2v) is 4.47. The largest absolute Gasteiger partial charge is 0.481 e. The predicted molar refractivity (Wildman–Crippen MR) is 77.5 cm³/mol. The van der Waals surface area contributed by atoms with Gasteiger partial charge in [0.1, 0.15) is 0 Å². The highest BCUT2D eigenvalue weighted by atomic mass is 35.5. The number of benzene rings is 1.